The van der Waals surface area contributed by atoms with Gasteiger partial charge >= 0.3 is 0 Å². The van der Waals surface area contributed by atoms with Crippen molar-refractivity contribution in [1.29, 1.82) is 0 Å². The number of rotatable bonds is 2. The van der Waals surface area contributed by atoms with Crippen molar-refractivity contribution in [1.82, 2.24) is 0 Å². The van der Waals surface area contributed by atoms with E-state index in [-0.39, 0.29) is 5.82 Å². The maximum absolute atomic E-state index is 14.4. The third-order valence-corrected chi connectivity index (χ3v) is 3.88. The van der Waals surface area contributed by atoms with E-state index in [4.69, 9.17) is 0 Å². The summed E-state index contributed by atoms with van der Waals surface area (Å²) >= 11 is 3.55. The molecule has 0 saturated heterocycles. The van der Waals surface area contributed by atoms with E-state index in [1.807, 2.05) is 66.7 Å². The van der Waals surface area contributed by atoms with Crippen LogP contribution in [-0.2, 0) is 0 Å². The molecular weight excluding hydrogens is 315 g/mol. The zero-order valence-corrected chi connectivity index (χ0v) is 12.3. The van der Waals surface area contributed by atoms with Gasteiger partial charge in [0.25, 0.3) is 0 Å². The van der Waals surface area contributed by atoms with Gasteiger partial charge in [0.15, 0.2) is 0 Å². The molecule has 0 atom stereocenters. The SMILES string of the molecule is Fc1cc(-c2ccccc2)c(Br)cc1-c1ccccc1. The molecule has 0 saturated carbocycles. The van der Waals surface area contributed by atoms with Gasteiger partial charge < -0.3 is 0 Å². The highest BCUT2D eigenvalue weighted by Gasteiger charge is 2.11. The first kappa shape index (κ1) is 13.1. The van der Waals surface area contributed by atoms with Crippen LogP contribution in [-0.4, -0.2) is 0 Å². The number of hydrogen-bond donors (Lipinski definition) is 0. The third kappa shape index (κ3) is 2.52. The van der Waals surface area contributed by atoms with E-state index in [0.29, 0.717) is 5.56 Å². The lowest BCUT2D eigenvalue weighted by Crippen LogP contribution is -1.88. The van der Waals surface area contributed by atoms with Crippen molar-refractivity contribution in [2.24, 2.45) is 0 Å². The molecule has 0 fully saturated rings. The van der Waals surface area contributed by atoms with Crippen LogP contribution in [0.3, 0.4) is 0 Å². The van der Waals surface area contributed by atoms with Gasteiger partial charge in [-0.15, -0.1) is 0 Å². The van der Waals surface area contributed by atoms with Crippen molar-refractivity contribution >= 4 is 15.9 Å². The Morgan fingerprint density at radius 1 is 0.650 bits per heavy atom. The van der Waals surface area contributed by atoms with Gasteiger partial charge in [-0.05, 0) is 28.8 Å². The van der Waals surface area contributed by atoms with E-state index in [0.717, 1.165) is 21.2 Å². The van der Waals surface area contributed by atoms with E-state index >= 15 is 0 Å². The Kier molecular flexibility index (Phi) is 3.66. The molecule has 0 aromatic heterocycles. The van der Waals surface area contributed by atoms with E-state index in [1.165, 1.54) is 0 Å². The molecule has 0 aliphatic rings. The van der Waals surface area contributed by atoms with Gasteiger partial charge in [-0.2, -0.15) is 0 Å². The second kappa shape index (κ2) is 5.59. The lowest BCUT2D eigenvalue weighted by molar-refractivity contribution is 0.631. The van der Waals surface area contributed by atoms with Crippen LogP contribution in [0.2, 0.25) is 0 Å². The highest BCUT2D eigenvalue weighted by Crippen LogP contribution is 2.34. The summed E-state index contributed by atoms with van der Waals surface area (Å²) in [4.78, 5) is 0. The third-order valence-electron chi connectivity index (χ3n) is 3.23. The molecule has 2 heteroatoms. The molecule has 0 radical (unpaired) electrons. The van der Waals surface area contributed by atoms with Crippen molar-refractivity contribution in [3.05, 3.63) is 83.1 Å². The van der Waals surface area contributed by atoms with E-state index in [9.17, 15) is 4.39 Å². The molecule has 3 rings (SSSR count). The normalized spacial score (nSPS) is 10.5. The van der Waals surface area contributed by atoms with Crippen LogP contribution in [0.5, 0.6) is 0 Å². The zero-order valence-electron chi connectivity index (χ0n) is 10.7. The minimum atomic E-state index is -0.210. The highest BCUT2D eigenvalue weighted by molar-refractivity contribution is 9.10. The average molecular weight is 327 g/mol. The first-order chi connectivity index (χ1) is 9.75. The van der Waals surface area contributed by atoms with Crippen molar-refractivity contribution in [3.8, 4) is 22.3 Å². The molecule has 0 heterocycles. The Bertz CT molecular complexity index is 656. The van der Waals surface area contributed by atoms with Crippen molar-refractivity contribution in [2.75, 3.05) is 0 Å². The lowest BCUT2D eigenvalue weighted by Gasteiger charge is -2.09. The van der Waals surface area contributed by atoms with Gasteiger partial charge in [-0.1, -0.05) is 76.6 Å². The number of hydrogen-bond acceptors (Lipinski definition) is 0. The zero-order chi connectivity index (χ0) is 13.9. The topological polar surface area (TPSA) is 0 Å². The molecule has 98 valence electrons. The molecule has 0 aliphatic heterocycles. The second-order valence-electron chi connectivity index (χ2n) is 4.54. The second-order valence-corrected chi connectivity index (χ2v) is 5.40. The maximum Gasteiger partial charge on any atom is 0.131 e. The molecule has 0 unspecified atom stereocenters. The summed E-state index contributed by atoms with van der Waals surface area (Å²) in [6, 6.07) is 22.8. The number of halogens is 2. The Morgan fingerprint density at radius 2 is 1.15 bits per heavy atom. The summed E-state index contributed by atoms with van der Waals surface area (Å²) in [6.45, 7) is 0. The largest absolute Gasteiger partial charge is 0.206 e. The summed E-state index contributed by atoms with van der Waals surface area (Å²) in [7, 11) is 0. The minimum absolute atomic E-state index is 0.210. The van der Waals surface area contributed by atoms with Gasteiger partial charge in [0.2, 0.25) is 0 Å². The van der Waals surface area contributed by atoms with Crippen LogP contribution in [0, 0.1) is 5.82 Å². The molecular formula is C18H12BrF. The monoisotopic (exact) mass is 326 g/mol. The fourth-order valence-electron chi connectivity index (χ4n) is 2.22. The molecule has 0 nitrogen and oxygen atoms in total. The van der Waals surface area contributed by atoms with Crippen LogP contribution in [0.15, 0.2) is 77.3 Å². The van der Waals surface area contributed by atoms with Crippen LogP contribution in [0.4, 0.5) is 4.39 Å². The molecule has 20 heavy (non-hydrogen) atoms. The smallest absolute Gasteiger partial charge is 0.131 e. The fourth-order valence-corrected chi connectivity index (χ4v) is 2.80. The van der Waals surface area contributed by atoms with Gasteiger partial charge in [-0.25, -0.2) is 4.39 Å². The average Bonchev–Trinajstić information content (AvgIpc) is 2.51. The van der Waals surface area contributed by atoms with Crippen LogP contribution in [0.25, 0.3) is 22.3 Å². The Labute approximate surface area is 126 Å². The Balaban J connectivity index is 2.13. The first-order valence-electron chi connectivity index (χ1n) is 6.35. The molecule has 0 bridgehead atoms. The van der Waals surface area contributed by atoms with Crippen molar-refractivity contribution < 1.29 is 4.39 Å². The summed E-state index contributed by atoms with van der Waals surface area (Å²) in [5.74, 6) is -0.210. The molecule has 3 aromatic carbocycles. The fraction of sp³-hybridized carbons (Fsp3) is 0. The van der Waals surface area contributed by atoms with E-state index < -0.39 is 0 Å². The summed E-state index contributed by atoms with van der Waals surface area (Å²) < 4.78 is 15.3. The standard InChI is InChI=1S/C18H12BrF/c19-17-11-16(14-9-5-2-6-10-14)18(20)12-15(17)13-7-3-1-4-8-13/h1-12H. The Hall–Kier alpha value is -1.93. The maximum atomic E-state index is 14.4. The Morgan fingerprint density at radius 3 is 1.70 bits per heavy atom. The predicted octanol–water partition coefficient (Wildman–Crippen LogP) is 5.92. The van der Waals surface area contributed by atoms with Crippen LogP contribution < -0.4 is 0 Å². The van der Waals surface area contributed by atoms with Gasteiger partial charge in [0.05, 0.1) is 0 Å². The van der Waals surface area contributed by atoms with Crippen molar-refractivity contribution in [3.63, 3.8) is 0 Å². The predicted molar refractivity (Wildman–Crippen MR) is 85.0 cm³/mol. The molecule has 0 aliphatic carbocycles. The summed E-state index contributed by atoms with van der Waals surface area (Å²) in [6.07, 6.45) is 0. The van der Waals surface area contributed by atoms with Gasteiger partial charge in [-0.3, -0.25) is 0 Å². The van der Waals surface area contributed by atoms with Crippen LogP contribution >= 0.6 is 15.9 Å². The van der Waals surface area contributed by atoms with E-state index in [1.54, 1.807) is 6.07 Å². The number of benzene rings is 3. The van der Waals surface area contributed by atoms with Gasteiger partial charge in [0, 0.05) is 10.0 Å². The van der Waals surface area contributed by atoms with Crippen LogP contribution in [0.1, 0.15) is 0 Å². The molecule has 3 aromatic rings. The van der Waals surface area contributed by atoms with Gasteiger partial charge in [0.1, 0.15) is 5.82 Å². The molecule has 0 amide bonds. The minimum Gasteiger partial charge on any atom is -0.206 e. The molecule has 0 spiro atoms. The quantitative estimate of drug-likeness (QED) is 0.548. The molecule has 0 N–H and O–H groups in total. The summed E-state index contributed by atoms with van der Waals surface area (Å²) in [5.41, 5.74) is 3.35. The van der Waals surface area contributed by atoms with E-state index in [2.05, 4.69) is 15.9 Å². The summed E-state index contributed by atoms with van der Waals surface area (Å²) in [5, 5.41) is 0. The highest BCUT2D eigenvalue weighted by atomic mass is 79.9. The lowest BCUT2D eigenvalue weighted by atomic mass is 10.00. The van der Waals surface area contributed by atoms with Crippen molar-refractivity contribution in [2.45, 2.75) is 0 Å². The first-order valence-corrected chi connectivity index (χ1v) is 7.15.